The molecule has 0 bridgehead atoms. The van der Waals surface area contributed by atoms with Gasteiger partial charge in [-0.3, -0.25) is 9.78 Å². The minimum atomic E-state index is -3.90. The van der Waals surface area contributed by atoms with Crippen molar-refractivity contribution in [2.45, 2.75) is 24.3 Å². The highest BCUT2D eigenvalue weighted by atomic mass is 32.2. The highest BCUT2D eigenvalue weighted by Crippen LogP contribution is 2.26. The molecule has 1 unspecified atom stereocenters. The number of likely N-dealkylation sites (N-methyl/N-ethyl adjacent to an activating group) is 1. The first-order chi connectivity index (χ1) is 9.89. The lowest BCUT2D eigenvalue weighted by Gasteiger charge is -2.23. The zero-order chi connectivity index (χ0) is 15.6. The largest absolute Gasteiger partial charge is 0.480 e. The van der Waals surface area contributed by atoms with Crippen LogP contribution in [-0.2, 0) is 14.8 Å². The van der Waals surface area contributed by atoms with Crippen LogP contribution in [0.3, 0.4) is 0 Å². The number of sulfonamides is 1. The Kier molecular flexibility index (Phi) is 4.24. The predicted octanol–water partition coefficient (Wildman–Crippen LogP) is 1.72. The Morgan fingerprint density at radius 2 is 2.10 bits per heavy atom. The third kappa shape index (κ3) is 2.74. The first kappa shape index (κ1) is 15.4. The summed E-state index contributed by atoms with van der Waals surface area (Å²) in [7, 11) is -2.61. The quantitative estimate of drug-likeness (QED) is 0.908. The summed E-state index contributed by atoms with van der Waals surface area (Å²) in [4.78, 5) is 15.2. The maximum absolute atomic E-state index is 12.7. The van der Waals surface area contributed by atoms with E-state index in [1.54, 1.807) is 31.3 Å². The van der Waals surface area contributed by atoms with E-state index in [1.165, 1.54) is 19.3 Å². The van der Waals surface area contributed by atoms with E-state index in [4.69, 9.17) is 5.11 Å². The molecule has 0 saturated carbocycles. The SMILES string of the molecule is CCC(C(=O)O)N(C)S(=O)(=O)c1cccc2cnccc12. The Labute approximate surface area is 123 Å². The van der Waals surface area contributed by atoms with Gasteiger partial charge in [0.1, 0.15) is 6.04 Å². The fourth-order valence-electron chi connectivity index (χ4n) is 2.23. The van der Waals surface area contributed by atoms with E-state index in [9.17, 15) is 13.2 Å². The van der Waals surface area contributed by atoms with Gasteiger partial charge in [0.2, 0.25) is 10.0 Å². The van der Waals surface area contributed by atoms with Gasteiger partial charge in [-0.1, -0.05) is 19.1 Å². The van der Waals surface area contributed by atoms with E-state index in [0.717, 1.165) is 4.31 Å². The van der Waals surface area contributed by atoms with Crippen LogP contribution in [0.2, 0.25) is 0 Å². The van der Waals surface area contributed by atoms with Gasteiger partial charge in [-0.15, -0.1) is 0 Å². The number of hydrogen-bond acceptors (Lipinski definition) is 4. The first-order valence-corrected chi connectivity index (χ1v) is 7.87. The molecule has 0 fully saturated rings. The van der Waals surface area contributed by atoms with Crippen LogP contribution < -0.4 is 0 Å². The fourth-order valence-corrected chi connectivity index (χ4v) is 3.83. The van der Waals surface area contributed by atoms with Crippen LogP contribution in [0.4, 0.5) is 0 Å². The molecule has 7 heteroatoms. The molecular formula is C14H16N2O4S. The molecule has 1 aromatic heterocycles. The number of rotatable bonds is 5. The molecule has 0 aliphatic carbocycles. The maximum Gasteiger partial charge on any atom is 0.321 e. The van der Waals surface area contributed by atoms with Crippen LogP contribution in [0.25, 0.3) is 10.8 Å². The summed E-state index contributed by atoms with van der Waals surface area (Å²) in [5.74, 6) is -1.16. The lowest BCUT2D eigenvalue weighted by atomic mass is 10.2. The Balaban J connectivity index is 2.59. The number of hydrogen-bond donors (Lipinski definition) is 1. The summed E-state index contributed by atoms with van der Waals surface area (Å²) in [5, 5.41) is 10.4. The number of pyridine rings is 1. The summed E-state index contributed by atoms with van der Waals surface area (Å²) < 4.78 is 26.3. The molecule has 1 heterocycles. The van der Waals surface area contributed by atoms with Gasteiger partial charge in [-0.2, -0.15) is 4.31 Å². The molecule has 21 heavy (non-hydrogen) atoms. The summed E-state index contributed by atoms with van der Waals surface area (Å²) in [6.45, 7) is 1.64. The molecule has 0 spiro atoms. The number of carboxylic acids is 1. The molecule has 6 nitrogen and oxygen atoms in total. The Bertz CT molecular complexity index is 768. The Hall–Kier alpha value is -1.99. The number of aliphatic carboxylic acids is 1. The maximum atomic E-state index is 12.7. The van der Waals surface area contributed by atoms with Crippen molar-refractivity contribution in [1.82, 2.24) is 9.29 Å². The Morgan fingerprint density at radius 3 is 2.71 bits per heavy atom. The van der Waals surface area contributed by atoms with Crippen molar-refractivity contribution in [3.63, 3.8) is 0 Å². The second-order valence-electron chi connectivity index (χ2n) is 4.64. The zero-order valence-corrected chi connectivity index (χ0v) is 12.5. The average Bonchev–Trinajstić information content (AvgIpc) is 2.46. The highest BCUT2D eigenvalue weighted by molar-refractivity contribution is 7.89. The molecule has 1 atom stereocenters. The molecule has 0 radical (unpaired) electrons. The summed E-state index contributed by atoms with van der Waals surface area (Å²) in [5.41, 5.74) is 0. The normalized spacial score (nSPS) is 13.5. The molecule has 1 aromatic carbocycles. The van der Waals surface area contributed by atoms with Crippen molar-refractivity contribution >= 4 is 26.8 Å². The number of nitrogens with zero attached hydrogens (tertiary/aromatic N) is 2. The number of carboxylic acid groups (broad SMARTS) is 1. The topological polar surface area (TPSA) is 87.6 Å². The lowest BCUT2D eigenvalue weighted by Crippen LogP contribution is -2.41. The van der Waals surface area contributed by atoms with Gasteiger partial charge < -0.3 is 5.11 Å². The molecule has 0 aliphatic rings. The van der Waals surface area contributed by atoms with Crippen LogP contribution in [0.15, 0.2) is 41.6 Å². The zero-order valence-electron chi connectivity index (χ0n) is 11.7. The molecule has 112 valence electrons. The van der Waals surface area contributed by atoms with Gasteiger partial charge in [0.05, 0.1) is 4.90 Å². The molecule has 1 N–H and O–H groups in total. The molecule has 0 amide bonds. The van der Waals surface area contributed by atoms with E-state index in [1.807, 2.05) is 0 Å². The van der Waals surface area contributed by atoms with E-state index in [0.29, 0.717) is 10.8 Å². The molecular weight excluding hydrogens is 292 g/mol. The predicted molar refractivity (Wildman–Crippen MR) is 78.4 cm³/mol. The Morgan fingerprint density at radius 1 is 1.38 bits per heavy atom. The van der Waals surface area contributed by atoms with E-state index >= 15 is 0 Å². The van der Waals surface area contributed by atoms with Gasteiger partial charge in [0.15, 0.2) is 0 Å². The van der Waals surface area contributed by atoms with Crippen LogP contribution in [0.1, 0.15) is 13.3 Å². The summed E-state index contributed by atoms with van der Waals surface area (Å²) in [6, 6.07) is 5.37. The summed E-state index contributed by atoms with van der Waals surface area (Å²) >= 11 is 0. The van der Waals surface area contributed by atoms with Crippen molar-refractivity contribution in [3.05, 3.63) is 36.7 Å². The highest BCUT2D eigenvalue weighted by Gasteiger charge is 2.32. The molecule has 2 rings (SSSR count). The third-order valence-corrected chi connectivity index (χ3v) is 5.33. The second kappa shape index (κ2) is 5.79. The van der Waals surface area contributed by atoms with Crippen molar-refractivity contribution < 1.29 is 18.3 Å². The molecule has 0 saturated heterocycles. The minimum absolute atomic E-state index is 0.0876. The van der Waals surface area contributed by atoms with Gasteiger partial charge in [-0.25, -0.2) is 8.42 Å². The van der Waals surface area contributed by atoms with E-state index in [-0.39, 0.29) is 11.3 Å². The molecule has 2 aromatic rings. The summed E-state index contributed by atoms with van der Waals surface area (Å²) in [6.07, 6.45) is 3.27. The van der Waals surface area contributed by atoms with Gasteiger partial charge in [0.25, 0.3) is 0 Å². The third-order valence-electron chi connectivity index (χ3n) is 3.41. The van der Waals surface area contributed by atoms with Gasteiger partial charge in [0, 0.05) is 30.2 Å². The van der Waals surface area contributed by atoms with Gasteiger partial charge in [-0.05, 0) is 18.6 Å². The van der Waals surface area contributed by atoms with Crippen LogP contribution in [-0.4, -0.2) is 41.9 Å². The van der Waals surface area contributed by atoms with Crippen LogP contribution in [0.5, 0.6) is 0 Å². The monoisotopic (exact) mass is 308 g/mol. The number of carbonyl (C=O) groups is 1. The number of benzene rings is 1. The van der Waals surface area contributed by atoms with E-state index < -0.39 is 22.0 Å². The van der Waals surface area contributed by atoms with Crippen molar-refractivity contribution in [3.8, 4) is 0 Å². The standard InChI is InChI=1S/C14H16N2O4S/c1-3-12(14(17)18)16(2)21(19,20)13-6-4-5-10-9-15-8-7-11(10)13/h4-9,12H,3H2,1-2H3,(H,17,18). The van der Waals surface area contributed by atoms with Crippen LogP contribution >= 0.6 is 0 Å². The average molecular weight is 308 g/mol. The number of aromatic nitrogens is 1. The molecule has 0 aliphatic heterocycles. The minimum Gasteiger partial charge on any atom is -0.480 e. The van der Waals surface area contributed by atoms with Crippen molar-refractivity contribution in [2.24, 2.45) is 0 Å². The smallest absolute Gasteiger partial charge is 0.321 e. The first-order valence-electron chi connectivity index (χ1n) is 6.43. The number of fused-ring (bicyclic) bond motifs is 1. The lowest BCUT2D eigenvalue weighted by molar-refractivity contribution is -0.141. The van der Waals surface area contributed by atoms with E-state index in [2.05, 4.69) is 4.98 Å². The van der Waals surface area contributed by atoms with Crippen LogP contribution in [0, 0.1) is 0 Å². The van der Waals surface area contributed by atoms with Gasteiger partial charge >= 0.3 is 5.97 Å². The second-order valence-corrected chi connectivity index (χ2v) is 6.60. The van der Waals surface area contributed by atoms with Crippen molar-refractivity contribution in [2.75, 3.05) is 7.05 Å². The van der Waals surface area contributed by atoms with Crippen molar-refractivity contribution in [1.29, 1.82) is 0 Å². The fraction of sp³-hybridized carbons (Fsp3) is 0.286.